The maximum Gasteiger partial charge on any atom is 0.245 e. The van der Waals surface area contributed by atoms with Crippen molar-refractivity contribution >= 4 is 21.6 Å². The van der Waals surface area contributed by atoms with Gasteiger partial charge in [0.05, 0.1) is 18.8 Å². The molecule has 1 aromatic rings. The van der Waals surface area contributed by atoms with Gasteiger partial charge in [-0.15, -0.1) is 0 Å². The number of hydrogen-bond donors (Lipinski definition) is 2. The zero-order chi connectivity index (χ0) is 16.0. The van der Waals surface area contributed by atoms with E-state index < -0.39 is 21.7 Å². The van der Waals surface area contributed by atoms with Crippen LogP contribution < -0.4 is 11.1 Å². The third-order valence-electron chi connectivity index (χ3n) is 2.65. The number of hydrogen-bond acceptors (Lipinski definition) is 5. The van der Waals surface area contributed by atoms with Crippen molar-refractivity contribution in [3.8, 4) is 0 Å². The molecule has 0 heterocycles. The van der Waals surface area contributed by atoms with Crippen LogP contribution in [0.5, 0.6) is 0 Å². The number of sulfonamides is 1. The molecule has 9 heteroatoms. The largest absolute Gasteiger partial charge is 0.398 e. The fourth-order valence-electron chi connectivity index (χ4n) is 1.56. The van der Waals surface area contributed by atoms with Crippen molar-refractivity contribution in [3.63, 3.8) is 0 Å². The summed E-state index contributed by atoms with van der Waals surface area (Å²) in [5.74, 6) is -1.11. The maximum absolute atomic E-state index is 13.0. The minimum atomic E-state index is -3.96. The second kappa shape index (κ2) is 7.34. The Balaban J connectivity index is 2.80. The maximum atomic E-state index is 13.0. The number of nitrogens with one attached hydrogen (secondary N) is 1. The first kappa shape index (κ1) is 17.3. The average molecular weight is 319 g/mol. The van der Waals surface area contributed by atoms with E-state index in [1.54, 1.807) is 0 Å². The summed E-state index contributed by atoms with van der Waals surface area (Å²) >= 11 is 0. The molecule has 21 heavy (non-hydrogen) atoms. The number of nitrogen functional groups attached to an aromatic ring is 1. The number of methoxy groups -OCH3 is 1. The molecule has 0 bridgehead atoms. The third-order valence-corrected chi connectivity index (χ3v) is 4.53. The molecule has 0 unspecified atom stereocenters. The number of likely N-dealkylation sites (N-methyl/N-ethyl adjacent to an activating group) is 1. The minimum absolute atomic E-state index is 0.207. The van der Waals surface area contributed by atoms with Gasteiger partial charge in [0, 0.05) is 20.7 Å². The number of benzene rings is 1. The summed E-state index contributed by atoms with van der Waals surface area (Å²) in [6.45, 7) is 0.234. The van der Waals surface area contributed by atoms with Crippen molar-refractivity contribution in [1.29, 1.82) is 0 Å². The molecule has 0 radical (unpaired) electrons. The number of nitrogens with zero attached hydrogens (tertiary/aromatic N) is 1. The molecular weight excluding hydrogens is 301 g/mol. The molecule has 0 aromatic heterocycles. The van der Waals surface area contributed by atoms with E-state index in [0.717, 1.165) is 22.5 Å². The van der Waals surface area contributed by atoms with Crippen LogP contribution in [0.2, 0.25) is 0 Å². The van der Waals surface area contributed by atoms with E-state index in [1.807, 2.05) is 0 Å². The van der Waals surface area contributed by atoms with Gasteiger partial charge in [-0.05, 0) is 18.2 Å². The molecule has 1 aromatic carbocycles. The summed E-state index contributed by atoms with van der Waals surface area (Å²) in [5, 5.41) is 2.50. The summed E-state index contributed by atoms with van der Waals surface area (Å²) in [7, 11) is -1.23. The minimum Gasteiger partial charge on any atom is -0.398 e. The smallest absolute Gasteiger partial charge is 0.245 e. The zero-order valence-corrected chi connectivity index (χ0v) is 12.6. The Hall–Kier alpha value is -1.71. The van der Waals surface area contributed by atoms with E-state index in [2.05, 4.69) is 5.32 Å². The Kier molecular flexibility index (Phi) is 6.06. The molecular formula is C12H18FN3O4S. The van der Waals surface area contributed by atoms with E-state index in [9.17, 15) is 17.6 Å². The van der Waals surface area contributed by atoms with Gasteiger partial charge < -0.3 is 15.8 Å². The van der Waals surface area contributed by atoms with Crippen LogP contribution in [0.4, 0.5) is 10.1 Å². The molecule has 0 aliphatic heterocycles. The van der Waals surface area contributed by atoms with Gasteiger partial charge >= 0.3 is 0 Å². The van der Waals surface area contributed by atoms with E-state index in [0.29, 0.717) is 6.61 Å². The monoisotopic (exact) mass is 319 g/mol. The van der Waals surface area contributed by atoms with Gasteiger partial charge in [0.2, 0.25) is 15.9 Å². The molecule has 118 valence electrons. The third kappa shape index (κ3) is 4.66. The number of anilines is 1. The van der Waals surface area contributed by atoms with Gasteiger partial charge in [0.15, 0.2) is 0 Å². The second-order valence-electron chi connectivity index (χ2n) is 4.29. The zero-order valence-electron chi connectivity index (χ0n) is 11.8. The topological polar surface area (TPSA) is 102 Å². The van der Waals surface area contributed by atoms with Crippen LogP contribution in [0.3, 0.4) is 0 Å². The number of halogens is 1. The molecule has 0 aliphatic carbocycles. The van der Waals surface area contributed by atoms with Gasteiger partial charge in [-0.2, -0.15) is 4.31 Å². The molecule has 0 aliphatic rings. The highest BCUT2D eigenvalue weighted by Crippen LogP contribution is 2.22. The lowest BCUT2D eigenvalue weighted by atomic mass is 10.3. The molecule has 0 fully saturated rings. The summed E-state index contributed by atoms with van der Waals surface area (Å²) in [5.41, 5.74) is 5.30. The van der Waals surface area contributed by atoms with Crippen LogP contribution in [-0.4, -0.2) is 52.5 Å². The molecule has 1 rings (SSSR count). The number of ether oxygens (including phenoxy) is 1. The van der Waals surface area contributed by atoms with Crippen LogP contribution >= 0.6 is 0 Å². The predicted octanol–water partition coefficient (Wildman–Crippen LogP) is -0.209. The van der Waals surface area contributed by atoms with E-state index in [-0.39, 0.29) is 23.7 Å². The predicted molar refractivity (Wildman–Crippen MR) is 75.5 cm³/mol. The van der Waals surface area contributed by atoms with Gasteiger partial charge in [0.25, 0.3) is 0 Å². The SMILES string of the molecule is COCCNC(=O)CN(C)S(=O)(=O)c1ccc(F)cc1N. The Morgan fingerprint density at radius 1 is 1.48 bits per heavy atom. The van der Waals surface area contributed by atoms with Crippen molar-refractivity contribution in [2.45, 2.75) is 4.90 Å². The fourth-order valence-corrected chi connectivity index (χ4v) is 2.78. The van der Waals surface area contributed by atoms with Crippen LogP contribution in [0.25, 0.3) is 0 Å². The number of nitrogens with two attached hydrogens (primary N) is 1. The quantitative estimate of drug-likeness (QED) is 0.535. The Morgan fingerprint density at radius 2 is 2.14 bits per heavy atom. The standard InChI is InChI=1S/C12H18FN3O4S/c1-16(8-12(17)15-5-6-20-2)21(18,19)11-4-3-9(13)7-10(11)14/h3-4,7H,5-6,8,14H2,1-2H3,(H,15,17). The Morgan fingerprint density at radius 3 is 2.71 bits per heavy atom. The van der Waals surface area contributed by atoms with Gasteiger partial charge in [-0.25, -0.2) is 12.8 Å². The number of carbonyl (C=O) groups is 1. The van der Waals surface area contributed by atoms with Crippen LogP contribution in [0.1, 0.15) is 0 Å². The van der Waals surface area contributed by atoms with Crippen LogP contribution in [0, 0.1) is 5.82 Å². The van der Waals surface area contributed by atoms with Gasteiger partial charge in [0.1, 0.15) is 10.7 Å². The van der Waals surface area contributed by atoms with E-state index in [1.165, 1.54) is 14.2 Å². The highest BCUT2D eigenvalue weighted by atomic mass is 32.2. The van der Waals surface area contributed by atoms with Crippen molar-refractivity contribution in [2.75, 3.05) is 39.6 Å². The van der Waals surface area contributed by atoms with E-state index in [4.69, 9.17) is 10.5 Å². The summed E-state index contributed by atoms with van der Waals surface area (Å²) in [6.07, 6.45) is 0. The lowest BCUT2D eigenvalue weighted by molar-refractivity contribution is -0.121. The fraction of sp³-hybridized carbons (Fsp3) is 0.417. The molecule has 1 amide bonds. The summed E-state index contributed by atoms with van der Waals surface area (Å²) < 4.78 is 43.1. The van der Waals surface area contributed by atoms with Crippen molar-refractivity contribution < 1.29 is 22.3 Å². The van der Waals surface area contributed by atoms with Crippen molar-refractivity contribution in [1.82, 2.24) is 9.62 Å². The normalized spacial score (nSPS) is 11.6. The molecule has 0 saturated heterocycles. The molecule has 3 N–H and O–H groups in total. The van der Waals surface area contributed by atoms with Crippen molar-refractivity contribution in [3.05, 3.63) is 24.0 Å². The molecule has 0 spiro atoms. The summed E-state index contributed by atoms with van der Waals surface area (Å²) in [6, 6.07) is 2.98. The highest BCUT2D eigenvalue weighted by Gasteiger charge is 2.25. The highest BCUT2D eigenvalue weighted by molar-refractivity contribution is 7.89. The number of rotatable bonds is 7. The molecule has 0 atom stereocenters. The summed E-state index contributed by atoms with van der Waals surface area (Å²) in [4.78, 5) is 11.3. The number of carbonyl (C=O) groups excluding carboxylic acids is 1. The lowest BCUT2D eigenvalue weighted by Crippen LogP contribution is -2.39. The first-order chi connectivity index (χ1) is 9.78. The Bertz CT molecular complexity index is 607. The molecule has 0 saturated carbocycles. The van der Waals surface area contributed by atoms with Crippen LogP contribution in [-0.2, 0) is 19.6 Å². The lowest BCUT2D eigenvalue weighted by Gasteiger charge is -2.18. The second-order valence-corrected chi connectivity index (χ2v) is 6.30. The van der Waals surface area contributed by atoms with Gasteiger partial charge in [-0.3, -0.25) is 4.79 Å². The average Bonchev–Trinajstić information content (AvgIpc) is 2.38. The van der Waals surface area contributed by atoms with Gasteiger partial charge in [-0.1, -0.05) is 0 Å². The number of amides is 1. The molecule has 7 nitrogen and oxygen atoms in total. The van der Waals surface area contributed by atoms with E-state index >= 15 is 0 Å². The van der Waals surface area contributed by atoms with Crippen molar-refractivity contribution in [2.24, 2.45) is 0 Å². The first-order valence-electron chi connectivity index (χ1n) is 6.06. The Labute approximate surface area is 122 Å². The first-order valence-corrected chi connectivity index (χ1v) is 7.50. The van der Waals surface area contributed by atoms with Crippen LogP contribution in [0.15, 0.2) is 23.1 Å².